The van der Waals surface area contributed by atoms with Crippen LogP contribution in [0.2, 0.25) is 5.02 Å². The summed E-state index contributed by atoms with van der Waals surface area (Å²) in [6.07, 6.45) is 6.04. The number of pyridine rings is 1. The Morgan fingerprint density at radius 3 is 2.95 bits per heavy atom. The van der Waals surface area contributed by atoms with E-state index < -0.39 is 0 Å². The zero-order valence-corrected chi connectivity index (χ0v) is 13.1. The molecule has 0 amide bonds. The molecule has 0 bridgehead atoms. The van der Waals surface area contributed by atoms with Crippen molar-refractivity contribution in [1.29, 1.82) is 0 Å². The third-order valence-corrected chi connectivity index (χ3v) is 3.85. The molecule has 3 rings (SSSR count). The van der Waals surface area contributed by atoms with E-state index >= 15 is 0 Å². The van der Waals surface area contributed by atoms with E-state index in [9.17, 15) is 5.11 Å². The number of aromatic hydroxyl groups is 1. The summed E-state index contributed by atoms with van der Waals surface area (Å²) >= 11 is 6.04. The number of phenols is 1. The number of nitrogens with zero attached hydrogens (tertiary/aromatic N) is 2. The van der Waals surface area contributed by atoms with Gasteiger partial charge >= 0.3 is 0 Å². The van der Waals surface area contributed by atoms with Gasteiger partial charge in [-0.3, -0.25) is 4.40 Å². The van der Waals surface area contributed by atoms with Gasteiger partial charge in [-0.2, -0.15) is 0 Å². The fraction of sp³-hybridized carbons (Fsp3) is 0.235. The third-order valence-electron chi connectivity index (χ3n) is 3.61. The summed E-state index contributed by atoms with van der Waals surface area (Å²) in [6, 6.07) is 8.91. The van der Waals surface area contributed by atoms with Crippen LogP contribution in [0.4, 0.5) is 5.82 Å². The monoisotopic (exact) mass is 315 g/mol. The number of imidazole rings is 1. The fourth-order valence-corrected chi connectivity index (χ4v) is 2.58. The normalized spacial score (nSPS) is 11.0. The highest BCUT2D eigenvalue weighted by atomic mass is 35.5. The maximum absolute atomic E-state index is 10.1. The van der Waals surface area contributed by atoms with Gasteiger partial charge in [0.1, 0.15) is 17.2 Å². The van der Waals surface area contributed by atoms with Crippen molar-refractivity contribution < 1.29 is 5.11 Å². The average Bonchev–Trinajstić information content (AvgIpc) is 2.92. The van der Waals surface area contributed by atoms with Crippen LogP contribution in [-0.2, 0) is 0 Å². The summed E-state index contributed by atoms with van der Waals surface area (Å²) in [7, 11) is 0. The minimum atomic E-state index is 0.212. The second-order valence-electron chi connectivity index (χ2n) is 5.23. The Balaban J connectivity index is 2.01. The lowest BCUT2D eigenvalue weighted by Gasteiger charge is -2.09. The molecule has 0 fully saturated rings. The van der Waals surface area contributed by atoms with Gasteiger partial charge in [-0.25, -0.2) is 4.98 Å². The average molecular weight is 316 g/mol. The van der Waals surface area contributed by atoms with Gasteiger partial charge in [0, 0.05) is 28.9 Å². The summed E-state index contributed by atoms with van der Waals surface area (Å²) in [5.74, 6) is 1.16. The minimum Gasteiger partial charge on any atom is -0.507 e. The highest BCUT2D eigenvalue weighted by Crippen LogP contribution is 2.32. The Morgan fingerprint density at radius 2 is 2.14 bits per heavy atom. The van der Waals surface area contributed by atoms with Crippen molar-refractivity contribution >= 4 is 23.1 Å². The van der Waals surface area contributed by atoms with Gasteiger partial charge < -0.3 is 10.4 Å². The Labute approximate surface area is 134 Å². The van der Waals surface area contributed by atoms with Crippen LogP contribution in [0.5, 0.6) is 5.75 Å². The molecule has 0 aliphatic heterocycles. The van der Waals surface area contributed by atoms with Gasteiger partial charge in [0.2, 0.25) is 0 Å². The number of anilines is 1. The quantitative estimate of drug-likeness (QED) is 0.678. The molecule has 0 spiro atoms. The van der Waals surface area contributed by atoms with Crippen molar-refractivity contribution in [2.75, 3.05) is 11.9 Å². The summed E-state index contributed by atoms with van der Waals surface area (Å²) < 4.78 is 1.99. The molecule has 114 valence electrons. The number of benzene rings is 1. The van der Waals surface area contributed by atoms with Gasteiger partial charge in [-0.1, -0.05) is 24.9 Å². The molecule has 2 aromatic heterocycles. The number of aromatic nitrogens is 2. The number of hydrogen-bond acceptors (Lipinski definition) is 3. The van der Waals surface area contributed by atoms with E-state index in [1.54, 1.807) is 18.2 Å². The molecule has 0 aliphatic carbocycles. The number of fused-ring (bicyclic) bond motifs is 1. The molecule has 0 radical (unpaired) electrons. The van der Waals surface area contributed by atoms with Crippen molar-refractivity contribution in [1.82, 2.24) is 9.38 Å². The molecule has 0 saturated heterocycles. The number of hydrogen-bond donors (Lipinski definition) is 2. The number of nitrogens with one attached hydrogen (secondary N) is 1. The van der Waals surface area contributed by atoms with Crippen LogP contribution in [-0.4, -0.2) is 21.0 Å². The third kappa shape index (κ3) is 2.88. The van der Waals surface area contributed by atoms with Crippen molar-refractivity contribution in [3.8, 4) is 16.9 Å². The molecule has 0 unspecified atom stereocenters. The summed E-state index contributed by atoms with van der Waals surface area (Å²) in [4.78, 5) is 4.38. The Kier molecular flexibility index (Phi) is 4.20. The highest BCUT2D eigenvalue weighted by molar-refractivity contribution is 6.31. The Hall–Kier alpha value is -2.20. The molecule has 22 heavy (non-hydrogen) atoms. The topological polar surface area (TPSA) is 49.6 Å². The SMILES string of the molecule is CCCCNc1cnc2ccc(-c3cc(Cl)ccc3O)cn12. The zero-order chi connectivity index (χ0) is 15.5. The Morgan fingerprint density at radius 1 is 1.27 bits per heavy atom. The van der Waals surface area contributed by atoms with Crippen molar-refractivity contribution in [3.63, 3.8) is 0 Å². The molecule has 2 heterocycles. The van der Waals surface area contributed by atoms with Crippen LogP contribution in [0.25, 0.3) is 16.8 Å². The zero-order valence-electron chi connectivity index (χ0n) is 12.4. The molecule has 0 saturated carbocycles. The smallest absolute Gasteiger partial charge is 0.138 e. The lowest BCUT2D eigenvalue weighted by atomic mass is 10.1. The number of phenolic OH excluding ortho intramolecular Hbond substituents is 1. The first-order valence-corrected chi connectivity index (χ1v) is 7.76. The van der Waals surface area contributed by atoms with Crippen LogP contribution < -0.4 is 5.32 Å². The molecule has 1 aromatic carbocycles. The second kappa shape index (κ2) is 6.28. The molecule has 2 N–H and O–H groups in total. The van der Waals surface area contributed by atoms with Gasteiger partial charge in [0.15, 0.2) is 0 Å². The maximum Gasteiger partial charge on any atom is 0.138 e. The van der Waals surface area contributed by atoms with E-state index in [1.165, 1.54) is 0 Å². The molecule has 0 atom stereocenters. The number of halogens is 1. The standard InChI is InChI=1S/C17H18ClN3O/c1-2-3-8-19-17-10-20-16-7-4-12(11-21(16)17)14-9-13(18)5-6-15(14)22/h4-7,9-11,19,22H,2-3,8H2,1H3. The van der Waals surface area contributed by atoms with E-state index in [0.29, 0.717) is 10.6 Å². The van der Waals surface area contributed by atoms with Crippen molar-refractivity contribution in [3.05, 3.63) is 47.7 Å². The molecule has 5 heteroatoms. The molecule has 3 aromatic rings. The first-order chi connectivity index (χ1) is 10.7. The molecular weight excluding hydrogens is 298 g/mol. The predicted octanol–water partition coefficient (Wildman–Crippen LogP) is 4.57. The van der Waals surface area contributed by atoms with Gasteiger partial charge in [-0.15, -0.1) is 0 Å². The van der Waals surface area contributed by atoms with Crippen molar-refractivity contribution in [2.45, 2.75) is 19.8 Å². The lowest BCUT2D eigenvalue weighted by Crippen LogP contribution is -2.03. The summed E-state index contributed by atoms with van der Waals surface area (Å²) in [6.45, 7) is 3.08. The van der Waals surface area contributed by atoms with Crippen molar-refractivity contribution in [2.24, 2.45) is 0 Å². The van der Waals surface area contributed by atoms with Gasteiger partial charge in [0.25, 0.3) is 0 Å². The largest absolute Gasteiger partial charge is 0.507 e. The predicted molar refractivity (Wildman–Crippen MR) is 90.7 cm³/mol. The summed E-state index contributed by atoms with van der Waals surface area (Å²) in [5, 5.41) is 14.0. The first-order valence-electron chi connectivity index (χ1n) is 7.39. The van der Waals surface area contributed by atoms with Crippen LogP contribution in [0, 0.1) is 0 Å². The second-order valence-corrected chi connectivity index (χ2v) is 5.67. The molecule has 4 nitrogen and oxygen atoms in total. The number of rotatable bonds is 5. The molecular formula is C17H18ClN3O. The number of unbranched alkanes of at least 4 members (excludes halogenated alkanes) is 1. The fourth-order valence-electron chi connectivity index (χ4n) is 2.40. The van der Waals surface area contributed by atoms with E-state index in [4.69, 9.17) is 11.6 Å². The van der Waals surface area contributed by atoms with E-state index in [0.717, 1.165) is 36.4 Å². The van der Waals surface area contributed by atoms with Gasteiger partial charge in [0.05, 0.1) is 6.20 Å². The molecule has 0 aliphatic rings. The van der Waals surface area contributed by atoms with Gasteiger partial charge in [-0.05, 0) is 36.8 Å². The first kappa shape index (κ1) is 14.7. The van der Waals surface area contributed by atoms with E-state index in [1.807, 2.05) is 28.9 Å². The lowest BCUT2D eigenvalue weighted by molar-refractivity contribution is 0.477. The maximum atomic E-state index is 10.1. The highest BCUT2D eigenvalue weighted by Gasteiger charge is 2.08. The van der Waals surface area contributed by atoms with Crippen LogP contribution >= 0.6 is 11.6 Å². The van der Waals surface area contributed by atoms with E-state index in [-0.39, 0.29) is 5.75 Å². The Bertz CT molecular complexity index is 798. The van der Waals surface area contributed by atoms with Crippen LogP contribution in [0.1, 0.15) is 19.8 Å². The summed E-state index contributed by atoms with van der Waals surface area (Å²) in [5.41, 5.74) is 2.47. The van der Waals surface area contributed by atoms with Crippen LogP contribution in [0.15, 0.2) is 42.7 Å². The van der Waals surface area contributed by atoms with E-state index in [2.05, 4.69) is 17.2 Å². The minimum absolute atomic E-state index is 0.212. The van der Waals surface area contributed by atoms with Crippen LogP contribution in [0.3, 0.4) is 0 Å².